The fourth-order valence-corrected chi connectivity index (χ4v) is 14.5. The Balaban J connectivity index is 3.75. The molecule has 1 aliphatic rings. The van der Waals surface area contributed by atoms with E-state index in [4.69, 9.17) is 26.6 Å². The monoisotopic (exact) mass is 576 g/mol. The molecular weight excluding hydrogens is 512 g/mol. The average Bonchev–Trinajstić information content (AvgIpc) is 2.93. The van der Waals surface area contributed by atoms with Crippen molar-refractivity contribution in [3.63, 3.8) is 0 Å². The van der Waals surface area contributed by atoms with Crippen LogP contribution < -0.4 is 0 Å². The van der Waals surface area contributed by atoms with E-state index in [2.05, 4.69) is 41.5 Å². The lowest BCUT2D eigenvalue weighted by Crippen LogP contribution is -2.71. The summed E-state index contributed by atoms with van der Waals surface area (Å²) in [6, 6.07) is 0. The number of rotatable bonds is 26. The molecule has 1 fully saturated rings. The van der Waals surface area contributed by atoms with Crippen LogP contribution in [0.1, 0.15) is 151 Å². The summed E-state index contributed by atoms with van der Waals surface area (Å²) in [6.45, 7) is 17.2. The molecule has 0 aromatic heterocycles. The van der Waals surface area contributed by atoms with Crippen LogP contribution in [-0.4, -0.2) is 57.3 Å². The molecule has 0 N–H and O–H groups in total. The Bertz CT molecular complexity index is 452. The Labute approximate surface area is 238 Å². The first-order valence-corrected chi connectivity index (χ1v) is 19.9. The number of hydrogen-bond donors (Lipinski definition) is 0. The minimum atomic E-state index is -3.29. The Kier molecular flexibility index (Phi) is 20.9. The summed E-state index contributed by atoms with van der Waals surface area (Å²) in [7, 11) is -6.57. The second kappa shape index (κ2) is 21.9. The molecular formula is C30H64O6Si2. The molecule has 8 heteroatoms. The van der Waals surface area contributed by atoms with Crippen LogP contribution in [0.15, 0.2) is 0 Å². The van der Waals surface area contributed by atoms with Crippen molar-refractivity contribution in [3.05, 3.63) is 0 Å². The first kappa shape index (κ1) is 36.2. The van der Waals surface area contributed by atoms with Crippen LogP contribution in [0, 0.1) is 0 Å². The zero-order valence-electron chi connectivity index (χ0n) is 26.2. The maximum absolute atomic E-state index is 7.02. The van der Waals surface area contributed by atoms with Crippen LogP contribution in [0.5, 0.6) is 0 Å². The molecule has 1 saturated carbocycles. The van der Waals surface area contributed by atoms with Crippen LogP contribution in [0.4, 0.5) is 0 Å². The third-order valence-electron chi connectivity index (χ3n) is 7.62. The second-order valence-electron chi connectivity index (χ2n) is 11.0. The minimum absolute atomic E-state index is 0.456. The van der Waals surface area contributed by atoms with E-state index < -0.39 is 22.3 Å². The fraction of sp³-hybridized carbons (Fsp3) is 1.00. The summed E-state index contributed by atoms with van der Waals surface area (Å²) in [5.41, 5.74) is 0. The molecule has 0 unspecified atom stereocenters. The lowest BCUT2D eigenvalue weighted by atomic mass is 9.99. The Morgan fingerprint density at radius 2 is 0.632 bits per heavy atom. The van der Waals surface area contributed by atoms with Gasteiger partial charge < -0.3 is 26.6 Å². The van der Waals surface area contributed by atoms with Crippen molar-refractivity contribution in [2.75, 3.05) is 39.6 Å². The maximum atomic E-state index is 7.02. The van der Waals surface area contributed by atoms with Gasteiger partial charge in [-0.1, -0.05) is 99.3 Å². The smallest absolute Gasteiger partial charge is 0.373 e. The van der Waals surface area contributed by atoms with Crippen molar-refractivity contribution in [1.82, 2.24) is 0 Å². The van der Waals surface area contributed by atoms with E-state index >= 15 is 0 Å². The van der Waals surface area contributed by atoms with E-state index in [0.717, 1.165) is 103 Å². The third kappa shape index (κ3) is 10.9. The Morgan fingerprint density at radius 3 is 0.842 bits per heavy atom. The SMILES string of the molecule is CCCCO[Si](OCCCC)(OCCCC)C1([Si](OCCCC)(OCCCC)OCCCC)CCCCC1. The van der Waals surface area contributed by atoms with Crippen LogP contribution in [0.3, 0.4) is 0 Å². The molecule has 0 heterocycles. The first-order valence-electron chi connectivity index (χ1n) is 16.4. The number of unbranched alkanes of at least 4 members (excludes halogenated alkanes) is 6. The van der Waals surface area contributed by atoms with Gasteiger partial charge >= 0.3 is 17.6 Å². The third-order valence-corrected chi connectivity index (χ3v) is 16.3. The molecule has 1 aliphatic carbocycles. The summed E-state index contributed by atoms with van der Waals surface area (Å²) in [4.78, 5) is 0. The van der Waals surface area contributed by atoms with Crippen molar-refractivity contribution in [2.45, 2.75) is 155 Å². The topological polar surface area (TPSA) is 55.4 Å². The standard InChI is InChI=1S/C30H64O6Si2/c1-7-13-24-31-37(32-25-14-8-2,33-26-15-9-3)30(22-20-19-21-23-30)38(34-27-16-10-4,35-28-17-11-5)36-29-18-12-6/h7-29H2,1-6H3. The van der Waals surface area contributed by atoms with E-state index in [1.807, 2.05) is 0 Å². The van der Waals surface area contributed by atoms with Gasteiger partial charge in [0, 0.05) is 39.6 Å². The summed E-state index contributed by atoms with van der Waals surface area (Å²) in [5.74, 6) is 0. The molecule has 0 aromatic rings. The highest BCUT2D eigenvalue weighted by Gasteiger charge is 2.76. The first-order chi connectivity index (χ1) is 18.6. The highest BCUT2D eigenvalue weighted by molar-refractivity contribution is 6.85. The lowest BCUT2D eigenvalue weighted by molar-refractivity contribution is -0.00938. The van der Waals surface area contributed by atoms with Crippen molar-refractivity contribution in [3.8, 4) is 0 Å². The van der Waals surface area contributed by atoms with Gasteiger partial charge in [0.2, 0.25) is 0 Å². The van der Waals surface area contributed by atoms with Crippen molar-refractivity contribution in [1.29, 1.82) is 0 Å². The van der Waals surface area contributed by atoms with Crippen LogP contribution in [0.2, 0.25) is 4.66 Å². The molecule has 228 valence electrons. The average molecular weight is 577 g/mol. The molecule has 0 saturated heterocycles. The van der Waals surface area contributed by atoms with E-state index in [0.29, 0.717) is 39.6 Å². The van der Waals surface area contributed by atoms with Gasteiger partial charge in [-0.25, -0.2) is 0 Å². The summed E-state index contributed by atoms with van der Waals surface area (Å²) in [6.07, 6.45) is 17.8. The van der Waals surface area contributed by atoms with E-state index in [1.54, 1.807) is 0 Å². The van der Waals surface area contributed by atoms with Crippen LogP contribution in [0.25, 0.3) is 0 Å². The molecule has 0 amide bonds. The molecule has 0 spiro atoms. The predicted octanol–water partition coefficient (Wildman–Crippen LogP) is 9.01. The molecule has 1 rings (SSSR count). The van der Waals surface area contributed by atoms with Gasteiger partial charge in [-0.15, -0.1) is 0 Å². The normalized spacial score (nSPS) is 16.3. The Morgan fingerprint density at radius 1 is 0.395 bits per heavy atom. The second-order valence-corrected chi connectivity index (χ2v) is 17.3. The summed E-state index contributed by atoms with van der Waals surface area (Å²) < 4.78 is 41.7. The van der Waals surface area contributed by atoms with Gasteiger partial charge in [-0.05, 0) is 51.4 Å². The Hall–Kier alpha value is 0.194. The molecule has 0 atom stereocenters. The van der Waals surface area contributed by atoms with Gasteiger partial charge in [-0.2, -0.15) is 0 Å². The van der Waals surface area contributed by atoms with Gasteiger partial charge in [0.1, 0.15) is 4.66 Å². The van der Waals surface area contributed by atoms with Gasteiger partial charge in [0.15, 0.2) is 0 Å². The molecule has 6 nitrogen and oxygen atoms in total. The number of hydrogen-bond acceptors (Lipinski definition) is 6. The van der Waals surface area contributed by atoms with Gasteiger partial charge in [0.25, 0.3) is 0 Å². The quantitative estimate of drug-likeness (QED) is 0.0756. The van der Waals surface area contributed by atoms with Gasteiger partial charge in [0.05, 0.1) is 0 Å². The highest BCUT2D eigenvalue weighted by atomic mass is 28.5. The molecule has 0 aromatic carbocycles. The minimum Gasteiger partial charge on any atom is -0.373 e. The zero-order valence-corrected chi connectivity index (χ0v) is 28.2. The predicted molar refractivity (Wildman–Crippen MR) is 162 cm³/mol. The van der Waals surface area contributed by atoms with Crippen molar-refractivity contribution >= 4 is 17.6 Å². The molecule has 0 radical (unpaired) electrons. The molecule has 0 aliphatic heterocycles. The lowest BCUT2D eigenvalue weighted by Gasteiger charge is -2.53. The molecule has 38 heavy (non-hydrogen) atoms. The van der Waals surface area contributed by atoms with E-state index in [1.165, 1.54) is 6.42 Å². The highest BCUT2D eigenvalue weighted by Crippen LogP contribution is 2.59. The van der Waals surface area contributed by atoms with Crippen LogP contribution in [-0.2, 0) is 26.6 Å². The zero-order chi connectivity index (χ0) is 28.0. The van der Waals surface area contributed by atoms with E-state index in [-0.39, 0.29) is 0 Å². The summed E-state index contributed by atoms with van der Waals surface area (Å²) in [5, 5.41) is 0. The largest absolute Gasteiger partial charge is 0.512 e. The van der Waals surface area contributed by atoms with Crippen molar-refractivity contribution in [2.24, 2.45) is 0 Å². The fourth-order valence-electron chi connectivity index (χ4n) is 5.14. The van der Waals surface area contributed by atoms with E-state index in [9.17, 15) is 0 Å². The van der Waals surface area contributed by atoms with Crippen molar-refractivity contribution < 1.29 is 26.6 Å². The maximum Gasteiger partial charge on any atom is 0.512 e. The van der Waals surface area contributed by atoms with Gasteiger partial charge in [-0.3, -0.25) is 0 Å². The molecule has 0 bridgehead atoms. The van der Waals surface area contributed by atoms with Crippen LogP contribution >= 0.6 is 0 Å². The summed E-state index contributed by atoms with van der Waals surface area (Å²) >= 11 is 0.